The van der Waals surface area contributed by atoms with Gasteiger partial charge in [-0.05, 0) is 13.8 Å². The first-order valence-electron chi connectivity index (χ1n) is 5.66. The summed E-state index contributed by atoms with van der Waals surface area (Å²) in [5.74, 6) is 0.744. The molecule has 0 amide bonds. The molecule has 0 rings (SSSR count). The molecule has 0 fully saturated rings. The van der Waals surface area contributed by atoms with Crippen molar-refractivity contribution in [1.29, 1.82) is 0 Å². The zero-order chi connectivity index (χ0) is 13.1. The molecule has 7 heteroatoms. The number of nitrogens with one attached hydrogen (secondary N) is 3. The molecule has 0 aromatic heterocycles. The number of guanidine groups is 1. The largest absolute Gasteiger partial charge is 0.357 e. The Bertz CT molecular complexity index is 338. The van der Waals surface area contributed by atoms with Crippen LogP contribution in [-0.2, 0) is 10.0 Å². The number of hydrogen-bond acceptors (Lipinski definition) is 3. The Morgan fingerprint density at radius 1 is 1.35 bits per heavy atom. The zero-order valence-corrected chi connectivity index (χ0v) is 11.3. The molecule has 0 atom stereocenters. The number of sulfonamides is 1. The normalized spacial score (nSPS) is 12.2. The van der Waals surface area contributed by atoms with Crippen molar-refractivity contribution in [2.45, 2.75) is 13.8 Å². The lowest BCUT2D eigenvalue weighted by molar-refractivity contribution is 0.583. The molecule has 0 saturated carbocycles. The monoisotopic (exact) mass is 262 g/mol. The average molecular weight is 262 g/mol. The number of hydrogen-bond donors (Lipinski definition) is 3. The summed E-state index contributed by atoms with van der Waals surface area (Å²) < 4.78 is 24.7. The highest BCUT2D eigenvalue weighted by molar-refractivity contribution is 7.89. The maximum Gasteiger partial charge on any atom is 0.211 e. The highest BCUT2D eigenvalue weighted by Gasteiger charge is 2.04. The van der Waals surface area contributed by atoms with Gasteiger partial charge in [0.05, 0.1) is 12.3 Å². The smallest absolute Gasteiger partial charge is 0.211 e. The first-order valence-corrected chi connectivity index (χ1v) is 7.31. The van der Waals surface area contributed by atoms with Crippen LogP contribution in [0.25, 0.3) is 0 Å². The van der Waals surface area contributed by atoms with E-state index in [0.717, 1.165) is 6.54 Å². The van der Waals surface area contributed by atoms with Crippen molar-refractivity contribution in [2.75, 3.05) is 31.9 Å². The predicted octanol–water partition coefficient (Wildman–Crippen LogP) is -0.333. The minimum absolute atomic E-state index is 0.0888. The van der Waals surface area contributed by atoms with Crippen LogP contribution in [0.3, 0.4) is 0 Å². The molecule has 0 aromatic carbocycles. The van der Waals surface area contributed by atoms with Crippen molar-refractivity contribution in [3.63, 3.8) is 0 Å². The minimum Gasteiger partial charge on any atom is -0.357 e. The van der Waals surface area contributed by atoms with E-state index in [2.05, 4.69) is 26.9 Å². The predicted molar refractivity (Wildman–Crippen MR) is 71.6 cm³/mol. The van der Waals surface area contributed by atoms with Gasteiger partial charge in [0, 0.05) is 19.6 Å². The van der Waals surface area contributed by atoms with Crippen molar-refractivity contribution in [3.05, 3.63) is 12.7 Å². The molecule has 0 saturated heterocycles. The molecule has 0 aromatic rings. The molecule has 6 nitrogen and oxygen atoms in total. The Kier molecular flexibility index (Phi) is 8.43. The topological polar surface area (TPSA) is 82.6 Å². The van der Waals surface area contributed by atoms with E-state index in [9.17, 15) is 8.42 Å². The van der Waals surface area contributed by atoms with E-state index in [4.69, 9.17) is 0 Å². The van der Waals surface area contributed by atoms with Gasteiger partial charge in [-0.15, -0.1) is 6.58 Å². The average Bonchev–Trinajstić information content (AvgIpc) is 2.31. The van der Waals surface area contributed by atoms with Crippen LogP contribution in [0.5, 0.6) is 0 Å². The molecule has 100 valence electrons. The Morgan fingerprint density at radius 3 is 2.59 bits per heavy atom. The van der Waals surface area contributed by atoms with Gasteiger partial charge < -0.3 is 10.6 Å². The van der Waals surface area contributed by atoms with Gasteiger partial charge in [-0.3, -0.25) is 4.99 Å². The number of rotatable bonds is 8. The third-order valence-electron chi connectivity index (χ3n) is 1.84. The second kappa shape index (κ2) is 9.00. The van der Waals surface area contributed by atoms with E-state index < -0.39 is 10.0 Å². The molecule has 0 radical (unpaired) electrons. The molecule has 0 aliphatic carbocycles. The van der Waals surface area contributed by atoms with E-state index >= 15 is 0 Å². The lowest BCUT2D eigenvalue weighted by atomic mass is 10.6. The standard InChI is InChI=1S/C10H22N4O2S/c1-4-7-12-10(11-5-2)13-8-9-14-17(15,16)6-3/h4,14H,1,5-9H2,2-3H3,(H2,11,12,13). The number of aliphatic imine (C=N–C) groups is 1. The Hall–Kier alpha value is -1.08. The van der Waals surface area contributed by atoms with Crippen LogP contribution in [0.1, 0.15) is 13.8 Å². The summed E-state index contributed by atoms with van der Waals surface area (Å²) in [6, 6.07) is 0. The molecule has 0 bridgehead atoms. The molecule has 0 aliphatic heterocycles. The Labute approximate surface area is 104 Å². The Morgan fingerprint density at radius 2 is 2.06 bits per heavy atom. The fraction of sp³-hybridized carbons (Fsp3) is 0.700. The van der Waals surface area contributed by atoms with Gasteiger partial charge in [-0.25, -0.2) is 13.1 Å². The third kappa shape index (κ3) is 8.70. The molecule has 0 aliphatic rings. The minimum atomic E-state index is -3.12. The van der Waals surface area contributed by atoms with Crippen LogP contribution < -0.4 is 15.4 Å². The zero-order valence-electron chi connectivity index (χ0n) is 10.5. The van der Waals surface area contributed by atoms with E-state index in [1.165, 1.54) is 0 Å². The second-order valence-corrected chi connectivity index (χ2v) is 5.32. The maximum atomic E-state index is 11.1. The SMILES string of the molecule is C=CCNC(=NCCNS(=O)(=O)CC)NCC. The van der Waals surface area contributed by atoms with Gasteiger partial charge in [-0.1, -0.05) is 6.08 Å². The Balaban J connectivity index is 4.03. The second-order valence-electron chi connectivity index (χ2n) is 3.23. The van der Waals surface area contributed by atoms with E-state index in [1.54, 1.807) is 13.0 Å². The van der Waals surface area contributed by atoms with Gasteiger partial charge in [-0.2, -0.15) is 0 Å². The van der Waals surface area contributed by atoms with Gasteiger partial charge in [0.25, 0.3) is 0 Å². The molecule has 0 heterocycles. The summed E-state index contributed by atoms with van der Waals surface area (Å²) in [5, 5.41) is 6.07. The lowest BCUT2D eigenvalue weighted by Crippen LogP contribution is -2.38. The van der Waals surface area contributed by atoms with Crippen LogP contribution in [-0.4, -0.2) is 46.3 Å². The van der Waals surface area contributed by atoms with Crippen LogP contribution >= 0.6 is 0 Å². The highest BCUT2D eigenvalue weighted by Crippen LogP contribution is 1.81. The van der Waals surface area contributed by atoms with Gasteiger partial charge in [0.2, 0.25) is 10.0 Å². The maximum absolute atomic E-state index is 11.1. The van der Waals surface area contributed by atoms with Crippen molar-refractivity contribution in [1.82, 2.24) is 15.4 Å². The van der Waals surface area contributed by atoms with Crippen LogP contribution in [0.4, 0.5) is 0 Å². The van der Waals surface area contributed by atoms with Gasteiger partial charge in [0.1, 0.15) is 0 Å². The first kappa shape index (κ1) is 15.9. The summed E-state index contributed by atoms with van der Waals surface area (Å²) in [7, 11) is -3.12. The van der Waals surface area contributed by atoms with Crippen molar-refractivity contribution in [2.24, 2.45) is 4.99 Å². The van der Waals surface area contributed by atoms with E-state index in [-0.39, 0.29) is 5.75 Å². The molecular formula is C10H22N4O2S. The molecule has 0 unspecified atom stereocenters. The highest BCUT2D eigenvalue weighted by atomic mass is 32.2. The first-order chi connectivity index (χ1) is 8.05. The van der Waals surface area contributed by atoms with Crippen LogP contribution in [0, 0.1) is 0 Å². The molecular weight excluding hydrogens is 240 g/mol. The summed E-state index contributed by atoms with van der Waals surface area (Å²) in [4.78, 5) is 4.21. The third-order valence-corrected chi connectivity index (χ3v) is 3.25. The van der Waals surface area contributed by atoms with Gasteiger partial charge in [0.15, 0.2) is 5.96 Å². The summed E-state index contributed by atoms with van der Waals surface area (Å²) in [6.07, 6.45) is 1.73. The van der Waals surface area contributed by atoms with Crippen molar-refractivity contribution < 1.29 is 8.42 Å². The fourth-order valence-electron chi connectivity index (χ4n) is 0.982. The van der Waals surface area contributed by atoms with E-state index in [1.807, 2.05) is 6.92 Å². The molecule has 3 N–H and O–H groups in total. The van der Waals surface area contributed by atoms with Crippen LogP contribution in [0.2, 0.25) is 0 Å². The molecule has 0 spiro atoms. The van der Waals surface area contributed by atoms with Crippen molar-refractivity contribution in [3.8, 4) is 0 Å². The number of nitrogens with zero attached hydrogens (tertiary/aromatic N) is 1. The van der Waals surface area contributed by atoms with Gasteiger partial charge >= 0.3 is 0 Å². The molecule has 17 heavy (non-hydrogen) atoms. The fourth-order valence-corrected chi connectivity index (χ4v) is 1.59. The lowest BCUT2D eigenvalue weighted by Gasteiger charge is -2.09. The quantitative estimate of drug-likeness (QED) is 0.242. The summed E-state index contributed by atoms with van der Waals surface area (Å²) in [5.41, 5.74) is 0. The van der Waals surface area contributed by atoms with Crippen LogP contribution in [0.15, 0.2) is 17.6 Å². The summed E-state index contributed by atoms with van der Waals surface area (Å²) in [6.45, 7) is 9.23. The van der Waals surface area contributed by atoms with E-state index in [0.29, 0.717) is 25.6 Å². The van der Waals surface area contributed by atoms with Crippen molar-refractivity contribution >= 4 is 16.0 Å². The summed E-state index contributed by atoms with van der Waals surface area (Å²) >= 11 is 0.